The second-order valence-corrected chi connectivity index (χ2v) is 8.17. The highest BCUT2D eigenvalue weighted by Gasteiger charge is 2.18. The Bertz CT molecular complexity index is 1100. The van der Waals surface area contributed by atoms with Gasteiger partial charge in [0.2, 0.25) is 5.91 Å². The fraction of sp³-hybridized carbons (Fsp3) is 0.269. The lowest BCUT2D eigenvalue weighted by Gasteiger charge is -2.26. The van der Waals surface area contributed by atoms with Gasteiger partial charge in [0.25, 0.3) is 11.8 Å². The molecule has 3 N–H and O–H groups in total. The van der Waals surface area contributed by atoms with E-state index in [-0.39, 0.29) is 24.3 Å². The van der Waals surface area contributed by atoms with Gasteiger partial charge in [-0.25, -0.2) is 0 Å². The fourth-order valence-electron chi connectivity index (χ4n) is 3.79. The second kappa shape index (κ2) is 11.2. The van der Waals surface area contributed by atoms with Crippen LogP contribution in [0.5, 0.6) is 0 Å². The third kappa shape index (κ3) is 6.25. The summed E-state index contributed by atoms with van der Waals surface area (Å²) in [4.78, 5) is 39.0. The molecule has 1 aliphatic heterocycles. The van der Waals surface area contributed by atoms with E-state index >= 15 is 0 Å². The van der Waals surface area contributed by atoms with Gasteiger partial charge < -0.3 is 25.3 Å². The molecule has 34 heavy (non-hydrogen) atoms. The summed E-state index contributed by atoms with van der Waals surface area (Å²) >= 11 is 0. The summed E-state index contributed by atoms with van der Waals surface area (Å²) in [5, 5.41) is 8.64. The van der Waals surface area contributed by atoms with Crippen LogP contribution in [0.3, 0.4) is 0 Å². The lowest BCUT2D eigenvalue weighted by molar-refractivity contribution is -0.114. The minimum Gasteiger partial charge on any atom is -0.467 e. The fourth-order valence-corrected chi connectivity index (χ4v) is 3.79. The van der Waals surface area contributed by atoms with Crippen LogP contribution in [-0.2, 0) is 11.3 Å². The molecule has 0 aliphatic carbocycles. The standard InChI is InChI=1S/C26H28N4O4/c31-24(29-22-12-8-20(9-13-22)26(33)30-14-2-1-3-15-30)18-27-21-10-6-19(7-11-21)25(32)28-17-23-5-4-16-34-23/h4-13,16,27H,1-3,14-15,17-18H2,(H,28,32)(H,29,31). The molecule has 0 atom stereocenters. The van der Waals surface area contributed by atoms with Gasteiger partial charge in [0.15, 0.2) is 0 Å². The number of hydrogen-bond acceptors (Lipinski definition) is 5. The normalized spacial score (nSPS) is 13.2. The van der Waals surface area contributed by atoms with Gasteiger partial charge in [-0.1, -0.05) is 0 Å². The van der Waals surface area contributed by atoms with E-state index in [0.29, 0.717) is 29.1 Å². The zero-order valence-corrected chi connectivity index (χ0v) is 18.9. The highest BCUT2D eigenvalue weighted by Crippen LogP contribution is 2.16. The van der Waals surface area contributed by atoms with E-state index < -0.39 is 0 Å². The molecule has 1 aliphatic rings. The molecule has 2 heterocycles. The van der Waals surface area contributed by atoms with E-state index in [1.54, 1.807) is 66.9 Å². The Morgan fingerprint density at radius 2 is 1.50 bits per heavy atom. The number of carbonyl (C=O) groups is 3. The number of nitrogens with zero attached hydrogens (tertiary/aromatic N) is 1. The first kappa shape index (κ1) is 23.1. The van der Waals surface area contributed by atoms with Crippen LogP contribution in [0.25, 0.3) is 0 Å². The maximum atomic E-state index is 12.5. The van der Waals surface area contributed by atoms with Crippen LogP contribution in [-0.4, -0.2) is 42.3 Å². The maximum Gasteiger partial charge on any atom is 0.253 e. The molecular weight excluding hydrogens is 432 g/mol. The monoisotopic (exact) mass is 460 g/mol. The second-order valence-electron chi connectivity index (χ2n) is 8.17. The number of benzene rings is 2. The van der Waals surface area contributed by atoms with E-state index in [9.17, 15) is 14.4 Å². The Labute approximate surface area is 198 Å². The number of piperidine rings is 1. The van der Waals surface area contributed by atoms with Crippen molar-refractivity contribution in [3.05, 3.63) is 83.8 Å². The zero-order chi connectivity index (χ0) is 23.8. The highest BCUT2D eigenvalue weighted by atomic mass is 16.3. The summed E-state index contributed by atoms with van der Waals surface area (Å²) in [5.74, 6) is 0.302. The Morgan fingerprint density at radius 3 is 2.18 bits per heavy atom. The number of anilines is 2. The number of furan rings is 1. The van der Waals surface area contributed by atoms with E-state index in [1.165, 1.54) is 6.42 Å². The number of likely N-dealkylation sites (tertiary alicyclic amines) is 1. The summed E-state index contributed by atoms with van der Waals surface area (Å²) in [6.45, 7) is 2.00. The Morgan fingerprint density at radius 1 is 0.824 bits per heavy atom. The molecule has 1 aromatic heterocycles. The lowest BCUT2D eigenvalue weighted by atomic mass is 10.1. The third-order valence-electron chi connectivity index (χ3n) is 5.66. The Kier molecular flexibility index (Phi) is 7.60. The van der Waals surface area contributed by atoms with E-state index in [0.717, 1.165) is 31.6 Å². The molecule has 3 aromatic rings. The van der Waals surface area contributed by atoms with E-state index in [2.05, 4.69) is 16.0 Å². The maximum absolute atomic E-state index is 12.5. The van der Waals surface area contributed by atoms with Gasteiger partial charge in [0, 0.05) is 35.6 Å². The number of amides is 3. The minimum atomic E-state index is -0.213. The number of hydrogen-bond donors (Lipinski definition) is 3. The van der Waals surface area contributed by atoms with Gasteiger partial charge in [-0.3, -0.25) is 14.4 Å². The number of nitrogens with one attached hydrogen (secondary N) is 3. The van der Waals surface area contributed by atoms with E-state index in [4.69, 9.17) is 4.42 Å². The molecule has 8 heteroatoms. The first-order chi connectivity index (χ1) is 16.6. The molecule has 0 radical (unpaired) electrons. The van der Waals surface area contributed by atoms with Crippen molar-refractivity contribution in [1.82, 2.24) is 10.2 Å². The van der Waals surface area contributed by atoms with Crippen LogP contribution in [0.2, 0.25) is 0 Å². The van der Waals surface area contributed by atoms with Crippen molar-refractivity contribution in [2.75, 3.05) is 30.3 Å². The quantitative estimate of drug-likeness (QED) is 0.473. The lowest BCUT2D eigenvalue weighted by Crippen LogP contribution is -2.35. The predicted molar refractivity (Wildman–Crippen MR) is 130 cm³/mol. The SMILES string of the molecule is O=C(CNc1ccc(C(=O)NCc2ccco2)cc1)Nc1ccc(C(=O)N2CCCCC2)cc1. The first-order valence-electron chi connectivity index (χ1n) is 11.4. The van der Waals surface area contributed by atoms with Gasteiger partial charge in [-0.2, -0.15) is 0 Å². The van der Waals surface area contributed by atoms with Crippen LogP contribution in [0.4, 0.5) is 11.4 Å². The van der Waals surface area contributed by atoms with Crippen molar-refractivity contribution >= 4 is 29.1 Å². The topological polar surface area (TPSA) is 104 Å². The zero-order valence-electron chi connectivity index (χ0n) is 18.9. The Balaban J connectivity index is 1.22. The van der Waals surface area contributed by atoms with Crippen molar-refractivity contribution in [2.45, 2.75) is 25.8 Å². The summed E-state index contributed by atoms with van der Waals surface area (Å²) in [6.07, 6.45) is 4.84. The molecule has 0 spiro atoms. The van der Waals surface area contributed by atoms with Gasteiger partial charge >= 0.3 is 0 Å². The molecule has 0 unspecified atom stereocenters. The third-order valence-corrected chi connectivity index (χ3v) is 5.66. The minimum absolute atomic E-state index is 0.0392. The average molecular weight is 461 g/mol. The summed E-state index contributed by atoms with van der Waals surface area (Å²) in [6, 6.07) is 17.4. The molecule has 3 amide bonds. The van der Waals surface area contributed by atoms with Crippen molar-refractivity contribution in [3.63, 3.8) is 0 Å². The smallest absolute Gasteiger partial charge is 0.253 e. The highest BCUT2D eigenvalue weighted by molar-refractivity contribution is 5.97. The van der Waals surface area contributed by atoms with E-state index in [1.807, 2.05) is 4.90 Å². The van der Waals surface area contributed by atoms with Crippen molar-refractivity contribution in [2.24, 2.45) is 0 Å². The average Bonchev–Trinajstić information content (AvgIpc) is 3.41. The molecule has 176 valence electrons. The molecule has 1 saturated heterocycles. The molecule has 1 fully saturated rings. The summed E-state index contributed by atoms with van der Waals surface area (Å²) in [7, 11) is 0. The number of rotatable bonds is 8. The summed E-state index contributed by atoms with van der Waals surface area (Å²) < 4.78 is 5.20. The molecule has 0 saturated carbocycles. The van der Waals surface area contributed by atoms with Crippen molar-refractivity contribution < 1.29 is 18.8 Å². The van der Waals surface area contributed by atoms with Gasteiger partial charge in [0.1, 0.15) is 5.76 Å². The first-order valence-corrected chi connectivity index (χ1v) is 11.4. The molecule has 8 nitrogen and oxygen atoms in total. The van der Waals surface area contributed by atoms with Crippen LogP contribution in [0.15, 0.2) is 71.3 Å². The van der Waals surface area contributed by atoms with Gasteiger partial charge in [-0.05, 0) is 79.9 Å². The summed E-state index contributed by atoms with van der Waals surface area (Å²) in [5.41, 5.74) is 2.50. The van der Waals surface area contributed by atoms with Gasteiger partial charge in [-0.15, -0.1) is 0 Å². The van der Waals surface area contributed by atoms with Crippen LogP contribution in [0.1, 0.15) is 45.7 Å². The van der Waals surface area contributed by atoms with Crippen LogP contribution in [0, 0.1) is 0 Å². The van der Waals surface area contributed by atoms with Crippen molar-refractivity contribution in [1.29, 1.82) is 0 Å². The predicted octanol–water partition coefficient (Wildman–Crippen LogP) is 3.89. The number of carbonyl (C=O) groups excluding carboxylic acids is 3. The largest absolute Gasteiger partial charge is 0.467 e. The molecular formula is C26H28N4O4. The van der Waals surface area contributed by atoms with Gasteiger partial charge in [0.05, 0.1) is 19.4 Å². The van der Waals surface area contributed by atoms with Crippen LogP contribution >= 0.6 is 0 Å². The molecule has 4 rings (SSSR count). The molecule has 2 aromatic carbocycles. The van der Waals surface area contributed by atoms with Crippen molar-refractivity contribution in [3.8, 4) is 0 Å². The van der Waals surface area contributed by atoms with Crippen LogP contribution < -0.4 is 16.0 Å². The molecule has 0 bridgehead atoms. The Hall–Kier alpha value is -4.07.